The summed E-state index contributed by atoms with van der Waals surface area (Å²) >= 11 is 5.90. The largest absolute Gasteiger partial charge is 0.337 e. The molecular weight excluding hydrogens is 248 g/mol. The van der Waals surface area contributed by atoms with Crippen molar-refractivity contribution in [2.75, 3.05) is 13.1 Å². The molecule has 0 aromatic carbocycles. The number of hydrogen-bond acceptors (Lipinski definition) is 2. The lowest BCUT2D eigenvalue weighted by Crippen LogP contribution is -2.32. The summed E-state index contributed by atoms with van der Waals surface area (Å²) in [5.74, 6) is 0.00118. The predicted octanol–water partition coefficient (Wildman–Crippen LogP) is 3.39. The number of rotatable bonds is 3. The van der Waals surface area contributed by atoms with E-state index in [9.17, 15) is 4.79 Å². The number of carbonyl (C=O) groups excluding carboxylic acids is 1. The van der Waals surface area contributed by atoms with Crippen molar-refractivity contribution in [3.05, 3.63) is 29.0 Å². The van der Waals surface area contributed by atoms with Crippen LogP contribution in [0.25, 0.3) is 0 Å². The maximum atomic E-state index is 12.3. The van der Waals surface area contributed by atoms with Crippen molar-refractivity contribution in [2.45, 2.75) is 33.1 Å². The van der Waals surface area contributed by atoms with Gasteiger partial charge in [0, 0.05) is 24.3 Å². The van der Waals surface area contributed by atoms with Gasteiger partial charge in [0.25, 0.3) is 5.91 Å². The van der Waals surface area contributed by atoms with E-state index < -0.39 is 0 Å². The third-order valence-electron chi connectivity index (χ3n) is 4.17. The summed E-state index contributed by atoms with van der Waals surface area (Å²) in [7, 11) is 0. The summed E-state index contributed by atoms with van der Waals surface area (Å²) in [4.78, 5) is 18.3. The second-order valence-electron chi connectivity index (χ2n) is 5.04. The van der Waals surface area contributed by atoms with Crippen molar-refractivity contribution in [3.8, 4) is 0 Å². The van der Waals surface area contributed by atoms with Gasteiger partial charge in [-0.3, -0.25) is 9.78 Å². The predicted molar refractivity (Wildman–Crippen MR) is 72.8 cm³/mol. The van der Waals surface area contributed by atoms with Gasteiger partial charge in [-0.25, -0.2) is 0 Å². The van der Waals surface area contributed by atoms with Crippen LogP contribution in [0.4, 0.5) is 0 Å². The molecule has 1 amide bonds. The first-order chi connectivity index (χ1) is 8.60. The van der Waals surface area contributed by atoms with Crippen molar-refractivity contribution < 1.29 is 4.79 Å². The molecule has 0 spiro atoms. The number of halogens is 1. The van der Waals surface area contributed by atoms with Crippen LogP contribution in [0.5, 0.6) is 0 Å². The zero-order chi connectivity index (χ0) is 13.2. The monoisotopic (exact) mass is 266 g/mol. The molecule has 2 heterocycles. The number of likely N-dealkylation sites (tertiary alicyclic amines) is 1. The van der Waals surface area contributed by atoms with E-state index in [0.717, 1.165) is 32.4 Å². The summed E-state index contributed by atoms with van der Waals surface area (Å²) < 4.78 is 0. The second kappa shape index (κ2) is 5.27. The number of hydrogen-bond donors (Lipinski definition) is 0. The molecule has 0 atom stereocenters. The van der Waals surface area contributed by atoms with E-state index in [-0.39, 0.29) is 5.91 Å². The Balaban J connectivity index is 2.12. The minimum atomic E-state index is 0.00118. The number of aromatic nitrogens is 1. The minimum absolute atomic E-state index is 0.00118. The fourth-order valence-electron chi connectivity index (χ4n) is 2.62. The molecule has 0 N–H and O–H groups in total. The topological polar surface area (TPSA) is 33.2 Å². The molecule has 2 rings (SSSR count). The van der Waals surface area contributed by atoms with Gasteiger partial charge in [-0.05, 0) is 36.8 Å². The molecule has 0 radical (unpaired) electrons. The van der Waals surface area contributed by atoms with E-state index in [4.69, 9.17) is 11.6 Å². The molecule has 1 aliphatic heterocycles. The molecule has 3 nitrogen and oxygen atoms in total. The zero-order valence-electron chi connectivity index (χ0n) is 10.9. The van der Waals surface area contributed by atoms with Crippen LogP contribution in [0.1, 0.15) is 43.6 Å². The molecule has 1 aliphatic rings. The normalized spacial score (nSPS) is 18.1. The van der Waals surface area contributed by atoms with E-state index in [2.05, 4.69) is 18.8 Å². The third-order valence-corrected chi connectivity index (χ3v) is 4.40. The maximum Gasteiger partial charge on any atom is 0.272 e. The van der Waals surface area contributed by atoms with Crippen molar-refractivity contribution in [1.82, 2.24) is 9.88 Å². The van der Waals surface area contributed by atoms with Gasteiger partial charge in [0.15, 0.2) is 0 Å². The molecule has 0 saturated carbocycles. The molecule has 1 aromatic rings. The van der Waals surface area contributed by atoms with Crippen LogP contribution in [0, 0.1) is 5.41 Å². The van der Waals surface area contributed by atoms with Crippen molar-refractivity contribution >= 4 is 17.5 Å². The van der Waals surface area contributed by atoms with Crippen molar-refractivity contribution in [1.29, 1.82) is 0 Å². The highest BCUT2D eigenvalue weighted by Gasteiger charge is 2.37. The fourth-order valence-corrected chi connectivity index (χ4v) is 2.78. The number of nitrogens with zero attached hydrogens (tertiary/aromatic N) is 2. The smallest absolute Gasteiger partial charge is 0.272 e. The molecule has 1 saturated heterocycles. The van der Waals surface area contributed by atoms with Gasteiger partial charge in [-0.2, -0.15) is 0 Å². The van der Waals surface area contributed by atoms with Gasteiger partial charge >= 0.3 is 0 Å². The van der Waals surface area contributed by atoms with Gasteiger partial charge in [0.2, 0.25) is 0 Å². The molecule has 4 heteroatoms. The van der Waals surface area contributed by atoms with Crippen LogP contribution in [-0.2, 0) is 0 Å². The highest BCUT2D eigenvalue weighted by atomic mass is 35.5. The molecule has 1 fully saturated rings. The van der Waals surface area contributed by atoms with Gasteiger partial charge < -0.3 is 4.90 Å². The summed E-state index contributed by atoms with van der Waals surface area (Å²) in [5, 5.41) is 0.560. The number of amides is 1. The van der Waals surface area contributed by atoms with Crippen LogP contribution in [0.15, 0.2) is 18.3 Å². The Kier molecular flexibility index (Phi) is 3.91. The molecule has 18 heavy (non-hydrogen) atoms. The van der Waals surface area contributed by atoms with Crippen LogP contribution >= 0.6 is 11.6 Å². The molecule has 1 aromatic heterocycles. The van der Waals surface area contributed by atoms with E-state index >= 15 is 0 Å². The standard InChI is InChI=1S/C14H19ClN2O/c1-3-14(4-2)6-8-17(10-14)13(18)12-9-11(15)5-7-16-12/h5,7,9H,3-4,6,8,10H2,1-2H3. The molecule has 98 valence electrons. The van der Waals surface area contributed by atoms with Crippen LogP contribution in [-0.4, -0.2) is 28.9 Å². The van der Waals surface area contributed by atoms with Gasteiger partial charge in [-0.1, -0.05) is 25.4 Å². The average molecular weight is 267 g/mol. The van der Waals surface area contributed by atoms with Crippen molar-refractivity contribution in [2.24, 2.45) is 5.41 Å². The molecule has 0 unspecified atom stereocenters. The first-order valence-corrected chi connectivity index (χ1v) is 6.89. The third kappa shape index (κ3) is 2.51. The molecular formula is C14H19ClN2O. The summed E-state index contributed by atoms with van der Waals surface area (Å²) in [6.07, 6.45) is 4.91. The Morgan fingerprint density at radius 3 is 2.78 bits per heavy atom. The lowest BCUT2D eigenvalue weighted by molar-refractivity contribution is 0.0764. The van der Waals surface area contributed by atoms with Crippen LogP contribution < -0.4 is 0 Å². The quantitative estimate of drug-likeness (QED) is 0.840. The minimum Gasteiger partial charge on any atom is -0.337 e. The first kappa shape index (κ1) is 13.3. The van der Waals surface area contributed by atoms with E-state index in [1.54, 1.807) is 18.3 Å². The van der Waals surface area contributed by atoms with Gasteiger partial charge in [0.1, 0.15) is 5.69 Å². The Bertz CT molecular complexity index is 443. The SMILES string of the molecule is CCC1(CC)CCN(C(=O)c2cc(Cl)ccn2)C1. The fraction of sp³-hybridized carbons (Fsp3) is 0.571. The Labute approximate surface area is 113 Å². The maximum absolute atomic E-state index is 12.3. The number of carbonyl (C=O) groups is 1. The van der Waals surface area contributed by atoms with Crippen LogP contribution in [0.3, 0.4) is 0 Å². The van der Waals surface area contributed by atoms with E-state index in [0.29, 0.717) is 16.1 Å². The summed E-state index contributed by atoms with van der Waals surface area (Å²) in [5.41, 5.74) is 0.749. The van der Waals surface area contributed by atoms with Crippen molar-refractivity contribution in [3.63, 3.8) is 0 Å². The summed E-state index contributed by atoms with van der Waals surface area (Å²) in [6, 6.07) is 3.33. The lowest BCUT2D eigenvalue weighted by atomic mass is 9.82. The number of pyridine rings is 1. The average Bonchev–Trinajstić information content (AvgIpc) is 2.83. The Hall–Kier alpha value is -1.09. The van der Waals surface area contributed by atoms with E-state index in [1.165, 1.54) is 0 Å². The van der Waals surface area contributed by atoms with E-state index in [1.807, 2.05) is 4.90 Å². The first-order valence-electron chi connectivity index (χ1n) is 6.51. The summed E-state index contributed by atoms with van der Waals surface area (Å²) in [6.45, 7) is 6.08. The highest BCUT2D eigenvalue weighted by molar-refractivity contribution is 6.30. The molecule has 0 aliphatic carbocycles. The lowest BCUT2D eigenvalue weighted by Gasteiger charge is -2.26. The Morgan fingerprint density at radius 1 is 1.50 bits per heavy atom. The zero-order valence-corrected chi connectivity index (χ0v) is 11.7. The second-order valence-corrected chi connectivity index (χ2v) is 5.48. The van der Waals surface area contributed by atoms with Gasteiger partial charge in [0.05, 0.1) is 0 Å². The van der Waals surface area contributed by atoms with Crippen LogP contribution in [0.2, 0.25) is 5.02 Å². The molecule has 0 bridgehead atoms. The Morgan fingerprint density at radius 2 is 2.22 bits per heavy atom. The highest BCUT2D eigenvalue weighted by Crippen LogP contribution is 2.37. The van der Waals surface area contributed by atoms with Gasteiger partial charge in [-0.15, -0.1) is 0 Å².